The summed E-state index contributed by atoms with van der Waals surface area (Å²) in [5.41, 5.74) is 1.88. The van der Waals surface area contributed by atoms with Gasteiger partial charge in [-0.3, -0.25) is 4.90 Å². The van der Waals surface area contributed by atoms with Crippen molar-refractivity contribution in [3.8, 4) is 6.07 Å². The number of allylic oxidation sites excluding steroid dienone is 2. The number of benzene rings is 1. The van der Waals surface area contributed by atoms with Crippen molar-refractivity contribution in [3.05, 3.63) is 59.7 Å². The van der Waals surface area contributed by atoms with Crippen molar-refractivity contribution < 1.29 is 9.50 Å². The van der Waals surface area contributed by atoms with Gasteiger partial charge in [0.15, 0.2) is 0 Å². The maximum Gasteiger partial charge on any atom is 0.125 e. The summed E-state index contributed by atoms with van der Waals surface area (Å²) in [7, 11) is 0. The Morgan fingerprint density at radius 2 is 2.09 bits per heavy atom. The van der Waals surface area contributed by atoms with E-state index in [0.717, 1.165) is 11.1 Å². The van der Waals surface area contributed by atoms with Gasteiger partial charge in [0.2, 0.25) is 0 Å². The molecular weight excluding hydrogens is 279 g/mol. The molecule has 0 amide bonds. The molecule has 3 nitrogen and oxygen atoms in total. The lowest BCUT2D eigenvalue weighted by atomic mass is 9.92. The van der Waals surface area contributed by atoms with Crippen LogP contribution in [0, 0.1) is 17.2 Å². The van der Waals surface area contributed by atoms with Crippen LogP contribution in [0.1, 0.15) is 12.5 Å². The Hall–Kier alpha value is -1.96. The van der Waals surface area contributed by atoms with Gasteiger partial charge >= 0.3 is 0 Å². The van der Waals surface area contributed by atoms with Gasteiger partial charge in [-0.25, -0.2) is 4.39 Å². The Morgan fingerprint density at radius 3 is 2.68 bits per heavy atom. The van der Waals surface area contributed by atoms with E-state index in [1.165, 1.54) is 6.08 Å². The molecule has 0 aromatic heterocycles. The zero-order chi connectivity index (χ0) is 15.9. The Bertz CT molecular complexity index is 576. The van der Waals surface area contributed by atoms with Crippen molar-refractivity contribution in [2.75, 3.05) is 13.2 Å². The number of halogens is 1. The van der Waals surface area contributed by atoms with Gasteiger partial charge in [-0.2, -0.15) is 5.26 Å². The fraction of sp³-hybridized carbons (Fsp3) is 0.389. The highest BCUT2D eigenvalue weighted by atomic mass is 19.1. The van der Waals surface area contributed by atoms with Gasteiger partial charge in [-0.1, -0.05) is 49.4 Å². The molecule has 0 saturated heterocycles. The molecule has 3 unspecified atom stereocenters. The molecule has 116 valence electrons. The average Bonchev–Trinajstić information content (AvgIpc) is 2.52. The molecule has 0 aliphatic heterocycles. The molecule has 0 radical (unpaired) electrons. The van der Waals surface area contributed by atoms with Crippen LogP contribution >= 0.6 is 0 Å². The summed E-state index contributed by atoms with van der Waals surface area (Å²) in [6, 6.07) is 11.6. The molecule has 3 atom stereocenters. The molecule has 1 aliphatic carbocycles. The van der Waals surface area contributed by atoms with Crippen molar-refractivity contribution in [2.24, 2.45) is 5.92 Å². The highest BCUT2D eigenvalue weighted by Crippen LogP contribution is 2.24. The smallest absolute Gasteiger partial charge is 0.125 e. The SMILES string of the molecule is CC1C=C(C(C#N)N(CCO)Cc2ccccc2)C=CC1F. The molecule has 1 aliphatic rings. The predicted octanol–water partition coefficient (Wildman–Crippen LogP) is 2.84. The van der Waals surface area contributed by atoms with E-state index in [1.807, 2.05) is 41.3 Å². The van der Waals surface area contributed by atoms with Crippen LogP contribution in [-0.4, -0.2) is 35.4 Å². The van der Waals surface area contributed by atoms with E-state index in [2.05, 4.69) is 6.07 Å². The standard InChI is InChI=1S/C18H21FN2O/c1-14-11-16(7-8-17(14)19)18(12-20)21(9-10-22)13-15-5-3-2-4-6-15/h2-8,11,14,17-18,22H,9-10,13H2,1H3. The molecule has 1 N–H and O–H groups in total. The molecule has 0 bridgehead atoms. The minimum Gasteiger partial charge on any atom is -0.395 e. The first-order chi connectivity index (χ1) is 10.7. The number of nitriles is 1. The lowest BCUT2D eigenvalue weighted by molar-refractivity contribution is 0.179. The predicted molar refractivity (Wildman–Crippen MR) is 84.6 cm³/mol. The first-order valence-corrected chi connectivity index (χ1v) is 7.48. The summed E-state index contributed by atoms with van der Waals surface area (Å²) in [5, 5.41) is 18.9. The van der Waals surface area contributed by atoms with Crippen LogP contribution in [-0.2, 0) is 6.54 Å². The van der Waals surface area contributed by atoms with E-state index in [9.17, 15) is 14.8 Å². The van der Waals surface area contributed by atoms with E-state index in [-0.39, 0.29) is 12.5 Å². The third kappa shape index (κ3) is 4.03. The summed E-state index contributed by atoms with van der Waals surface area (Å²) in [5.74, 6) is -0.233. The van der Waals surface area contributed by atoms with Crippen LogP contribution in [0.3, 0.4) is 0 Å². The molecule has 1 aromatic carbocycles. The Morgan fingerprint density at radius 1 is 1.36 bits per heavy atom. The number of aliphatic hydroxyl groups is 1. The number of hydrogen-bond acceptors (Lipinski definition) is 3. The van der Waals surface area contributed by atoms with Gasteiger partial charge < -0.3 is 5.11 Å². The number of alkyl halides is 1. The summed E-state index contributed by atoms with van der Waals surface area (Å²) in [6.45, 7) is 2.74. The topological polar surface area (TPSA) is 47.3 Å². The van der Waals surface area contributed by atoms with E-state index in [1.54, 1.807) is 13.0 Å². The van der Waals surface area contributed by atoms with Gasteiger partial charge in [0.05, 0.1) is 12.7 Å². The highest BCUT2D eigenvalue weighted by Gasteiger charge is 2.25. The van der Waals surface area contributed by atoms with Crippen molar-refractivity contribution in [1.29, 1.82) is 5.26 Å². The molecule has 0 saturated carbocycles. The first-order valence-electron chi connectivity index (χ1n) is 7.48. The van der Waals surface area contributed by atoms with Gasteiger partial charge in [-0.15, -0.1) is 0 Å². The molecule has 2 rings (SSSR count). The molecular formula is C18H21FN2O. The number of hydrogen-bond donors (Lipinski definition) is 1. The summed E-state index contributed by atoms with van der Waals surface area (Å²) >= 11 is 0. The largest absolute Gasteiger partial charge is 0.395 e. The van der Waals surface area contributed by atoms with Crippen molar-refractivity contribution in [2.45, 2.75) is 25.7 Å². The molecule has 0 heterocycles. The molecule has 0 spiro atoms. The average molecular weight is 300 g/mol. The second-order valence-corrected chi connectivity index (χ2v) is 5.54. The normalized spacial score (nSPS) is 22.2. The monoisotopic (exact) mass is 300 g/mol. The van der Waals surface area contributed by atoms with Crippen molar-refractivity contribution in [1.82, 2.24) is 4.90 Å². The highest BCUT2D eigenvalue weighted by molar-refractivity contribution is 5.35. The fourth-order valence-electron chi connectivity index (χ4n) is 2.62. The molecule has 0 fully saturated rings. The maximum atomic E-state index is 13.5. The van der Waals surface area contributed by atoms with Crippen LogP contribution in [0.4, 0.5) is 4.39 Å². The fourth-order valence-corrected chi connectivity index (χ4v) is 2.62. The van der Waals surface area contributed by atoms with Gasteiger partial charge in [0, 0.05) is 19.0 Å². The lowest BCUT2D eigenvalue weighted by Crippen LogP contribution is -2.37. The number of aliphatic hydroxyl groups excluding tert-OH is 1. The van der Waals surface area contributed by atoms with Gasteiger partial charge in [0.25, 0.3) is 0 Å². The lowest BCUT2D eigenvalue weighted by Gasteiger charge is -2.29. The van der Waals surface area contributed by atoms with Crippen molar-refractivity contribution in [3.63, 3.8) is 0 Å². The van der Waals surface area contributed by atoms with Crippen molar-refractivity contribution >= 4 is 0 Å². The Labute approximate surface area is 131 Å². The van der Waals surface area contributed by atoms with E-state index >= 15 is 0 Å². The van der Waals surface area contributed by atoms with Crippen LogP contribution < -0.4 is 0 Å². The zero-order valence-corrected chi connectivity index (χ0v) is 12.7. The van der Waals surface area contributed by atoms with Crippen LogP contribution in [0.2, 0.25) is 0 Å². The van der Waals surface area contributed by atoms with Gasteiger partial charge in [0.1, 0.15) is 12.2 Å². The first kappa shape index (κ1) is 16.4. The molecule has 4 heteroatoms. The van der Waals surface area contributed by atoms with Gasteiger partial charge in [-0.05, 0) is 17.2 Å². The van der Waals surface area contributed by atoms with E-state index in [0.29, 0.717) is 13.1 Å². The second kappa shape index (κ2) is 7.88. The second-order valence-electron chi connectivity index (χ2n) is 5.54. The number of nitrogens with zero attached hydrogens (tertiary/aromatic N) is 2. The quantitative estimate of drug-likeness (QED) is 0.879. The van der Waals surface area contributed by atoms with E-state index in [4.69, 9.17) is 0 Å². The third-order valence-electron chi connectivity index (χ3n) is 3.85. The Kier molecular flexibility index (Phi) is 5.88. The summed E-state index contributed by atoms with van der Waals surface area (Å²) < 4.78 is 13.5. The summed E-state index contributed by atoms with van der Waals surface area (Å²) in [6.07, 6.45) is 4.01. The van der Waals surface area contributed by atoms with E-state index < -0.39 is 12.2 Å². The maximum absolute atomic E-state index is 13.5. The molecule has 1 aromatic rings. The Balaban J connectivity index is 2.20. The van der Waals surface area contributed by atoms with Crippen LogP contribution in [0.15, 0.2) is 54.1 Å². The minimum absolute atomic E-state index is 0.0245. The molecule has 22 heavy (non-hydrogen) atoms. The van der Waals surface area contributed by atoms with Crippen LogP contribution in [0.5, 0.6) is 0 Å². The minimum atomic E-state index is -0.997. The third-order valence-corrected chi connectivity index (χ3v) is 3.85. The number of rotatable bonds is 6. The zero-order valence-electron chi connectivity index (χ0n) is 12.7. The van der Waals surface area contributed by atoms with Crippen LogP contribution in [0.25, 0.3) is 0 Å². The summed E-state index contributed by atoms with van der Waals surface area (Å²) in [4.78, 5) is 1.91.